The molecule has 0 saturated heterocycles. The molecule has 2 aromatic heterocycles. The average molecular weight is 398 g/mol. The Bertz CT molecular complexity index is 1220. The second-order valence-corrected chi connectivity index (χ2v) is 7.40. The summed E-state index contributed by atoms with van der Waals surface area (Å²) in [6, 6.07) is 15.5. The summed E-state index contributed by atoms with van der Waals surface area (Å²) in [4.78, 5) is 22.2. The van der Waals surface area contributed by atoms with E-state index in [1.807, 2.05) is 70.8 Å². The standard InChI is InChI=1S/C23H22N6O/c1-15-25-9-10-28(15)18-7-5-17(6-8-18)21-23(30)22-20(13-26-21)27-14-29(22)19-4-2-3-16(11-19)12-24/h2-11,14,21,26H,12-13,24H2,1H3. The fraction of sp³-hybridized carbons (Fsp3) is 0.174. The summed E-state index contributed by atoms with van der Waals surface area (Å²) in [5.74, 6) is 0.932. The molecule has 3 N–H and O–H groups in total. The zero-order valence-electron chi connectivity index (χ0n) is 16.6. The van der Waals surface area contributed by atoms with Gasteiger partial charge in [-0.05, 0) is 42.3 Å². The first-order chi connectivity index (χ1) is 14.7. The van der Waals surface area contributed by atoms with Gasteiger partial charge in [0.15, 0.2) is 0 Å². The van der Waals surface area contributed by atoms with Crippen molar-refractivity contribution in [3.05, 3.63) is 95.6 Å². The van der Waals surface area contributed by atoms with Crippen molar-refractivity contribution in [3.63, 3.8) is 0 Å². The maximum atomic E-state index is 13.4. The number of nitrogens with one attached hydrogen (secondary N) is 1. The highest BCUT2D eigenvalue weighted by Crippen LogP contribution is 2.28. The summed E-state index contributed by atoms with van der Waals surface area (Å²) in [5.41, 5.74) is 11.0. The van der Waals surface area contributed by atoms with Crippen LogP contribution in [0.1, 0.15) is 39.2 Å². The van der Waals surface area contributed by atoms with Gasteiger partial charge in [0.1, 0.15) is 17.8 Å². The van der Waals surface area contributed by atoms with Crippen molar-refractivity contribution in [2.45, 2.75) is 26.1 Å². The Kier molecular flexibility index (Phi) is 4.54. The first kappa shape index (κ1) is 18.5. The predicted molar refractivity (Wildman–Crippen MR) is 114 cm³/mol. The summed E-state index contributed by atoms with van der Waals surface area (Å²) < 4.78 is 3.88. The molecule has 0 radical (unpaired) electrons. The van der Waals surface area contributed by atoms with Gasteiger partial charge in [-0.1, -0.05) is 24.3 Å². The van der Waals surface area contributed by atoms with Crippen LogP contribution in [0.2, 0.25) is 0 Å². The topological polar surface area (TPSA) is 90.8 Å². The van der Waals surface area contributed by atoms with Crippen LogP contribution in [0, 0.1) is 6.92 Å². The van der Waals surface area contributed by atoms with Crippen molar-refractivity contribution in [3.8, 4) is 11.4 Å². The number of aromatic nitrogens is 4. The number of carbonyl (C=O) groups excluding carboxylic acids is 1. The number of hydrogen-bond acceptors (Lipinski definition) is 5. The number of rotatable bonds is 4. The van der Waals surface area contributed by atoms with Crippen LogP contribution in [0.25, 0.3) is 11.4 Å². The van der Waals surface area contributed by atoms with Crippen molar-refractivity contribution in [1.82, 2.24) is 24.4 Å². The number of nitrogens with two attached hydrogens (primary N) is 1. The molecular weight excluding hydrogens is 376 g/mol. The van der Waals surface area contributed by atoms with E-state index < -0.39 is 6.04 Å². The summed E-state index contributed by atoms with van der Waals surface area (Å²) in [6.07, 6.45) is 5.42. The maximum Gasteiger partial charge on any atom is 0.202 e. The van der Waals surface area contributed by atoms with Crippen LogP contribution < -0.4 is 11.1 Å². The summed E-state index contributed by atoms with van der Waals surface area (Å²) in [7, 11) is 0. The number of fused-ring (bicyclic) bond motifs is 1. The molecule has 7 heteroatoms. The summed E-state index contributed by atoms with van der Waals surface area (Å²) in [5, 5.41) is 3.33. The van der Waals surface area contributed by atoms with Crippen LogP contribution in [0.4, 0.5) is 0 Å². The molecule has 0 spiro atoms. The van der Waals surface area contributed by atoms with E-state index >= 15 is 0 Å². The molecule has 7 nitrogen and oxygen atoms in total. The lowest BCUT2D eigenvalue weighted by Crippen LogP contribution is -2.35. The first-order valence-corrected chi connectivity index (χ1v) is 9.89. The number of ketones is 1. The Hall–Kier alpha value is -3.55. The summed E-state index contributed by atoms with van der Waals surface area (Å²) >= 11 is 0. The van der Waals surface area contributed by atoms with Gasteiger partial charge in [0, 0.05) is 36.9 Å². The van der Waals surface area contributed by atoms with Crippen LogP contribution in [-0.4, -0.2) is 24.9 Å². The molecule has 0 amide bonds. The van der Waals surface area contributed by atoms with E-state index in [-0.39, 0.29) is 5.78 Å². The van der Waals surface area contributed by atoms with E-state index in [9.17, 15) is 4.79 Å². The molecule has 1 aliphatic rings. The van der Waals surface area contributed by atoms with E-state index in [4.69, 9.17) is 5.73 Å². The smallest absolute Gasteiger partial charge is 0.202 e. The molecule has 1 unspecified atom stereocenters. The lowest BCUT2D eigenvalue weighted by atomic mass is 9.96. The normalized spacial score (nSPS) is 15.9. The van der Waals surface area contributed by atoms with Gasteiger partial charge in [0.05, 0.1) is 11.7 Å². The zero-order valence-corrected chi connectivity index (χ0v) is 16.6. The minimum atomic E-state index is -0.413. The second-order valence-electron chi connectivity index (χ2n) is 7.40. The minimum absolute atomic E-state index is 0.0125. The molecule has 30 heavy (non-hydrogen) atoms. The summed E-state index contributed by atoms with van der Waals surface area (Å²) in [6.45, 7) is 2.95. The number of benzene rings is 2. The predicted octanol–water partition coefficient (Wildman–Crippen LogP) is 2.85. The highest BCUT2D eigenvalue weighted by Gasteiger charge is 2.32. The molecule has 0 bridgehead atoms. The third kappa shape index (κ3) is 3.04. The van der Waals surface area contributed by atoms with Crippen molar-refractivity contribution < 1.29 is 4.79 Å². The molecule has 4 aromatic rings. The lowest BCUT2D eigenvalue weighted by Gasteiger charge is -2.24. The van der Waals surface area contributed by atoms with Crippen LogP contribution in [0.5, 0.6) is 0 Å². The van der Waals surface area contributed by atoms with E-state index in [0.717, 1.165) is 34.0 Å². The Morgan fingerprint density at radius 2 is 1.93 bits per heavy atom. The average Bonchev–Trinajstić information content (AvgIpc) is 3.41. The second kappa shape index (κ2) is 7.37. The number of Topliss-reactive ketones (excluding diaryl/α,β-unsaturated/α-hetero) is 1. The van der Waals surface area contributed by atoms with Crippen molar-refractivity contribution >= 4 is 5.78 Å². The molecule has 1 aliphatic heterocycles. The van der Waals surface area contributed by atoms with Crippen molar-refractivity contribution in [2.75, 3.05) is 0 Å². The maximum absolute atomic E-state index is 13.4. The highest BCUT2D eigenvalue weighted by molar-refractivity contribution is 6.01. The molecule has 0 fully saturated rings. The number of imidazole rings is 2. The van der Waals surface area contributed by atoms with Gasteiger partial charge in [-0.15, -0.1) is 0 Å². The van der Waals surface area contributed by atoms with Gasteiger partial charge in [0.25, 0.3) is 0 Å². The largest absolute Gasteiger partial charge is 0.326 e. The Balaban J connectivity index is 1.48. The quantitative estimate of drug-likeness (QED) is 0.552. The van der Waals surface area contributed by atoms with Crippen LogP contribution in [0.3, 0.4) is 0 Å². The monoisotopic (exact) mass is 398 g/mol. The molecule has 0 aliphatic carbocycles. The molecule has 5 rings (SSSR count). The molecule has 3 heterocycles. The van der Waals surface area contributed by atoms with Gasteiger partial charge in [0.2, 0.25) is 5.78 Å². The lowest BCUT2D eigenvalue weighted by molar-refractivity contribution is 0.0922. The van der Waals surface area contributed by atoms with Crippen molar-refractivity contribution in [2.24, 2.45) is 5.73 Å². The number of carbonyl (C=O) groups is 1. The van der Waals surface area contributed by atoms with Gasteiger partial charge in [-0.25, -0.2) is 9.97 Å². The fourth-order valence-corrected chi connectivity index (χ4v) is 3.98. The first-order valence-electron chi connectivity index (χ1n) is 9.89. The molecule has 2 aromatic carbocycles. The number of hydrogen-bond donors (Lipinski definition) is 2. The molecule has 150 valence electrons. The third-order valence-corrected chi connectivity index (χ3v) is 5.57. The van der Waals surface area contributed by atoms with E-state index in [2.05, 4.69) is 15.3 Å². The highest BCUT2D eigenvalue weighted by atomic mass is 16.1. The SMILES string of the molecule is Cc1nccn1-c1ccc(C2NCc3ncn(-c4cccc(CN)c4)c3C2=O)cc1. The van der Waals surface area contributed by atoms with E-state index in [1.54, 1.807) is 12.5 Å². The Labute approximate surface area is 174 Å². The van der Waals surface area contributed by atoms with Crippen LogP contribution in [0.15, 0.2) is 67.3 Å². The minimum Gasteiger partial charge on any atom is -0.326 e. The molecule has 0 saturated carbocycles. The number of aryl methyl sites for hydroxylation is 1. The Morgan fingerprint density at radius 1 is 1.10 bits per heavy atom. The van der Waals surface area contributed by atoms with Crippen LogP contribution >= 0.6 is 0 Å². The van der Waals surface area contributed by atoms with E-state index in [0.29, 0.717) is 18.8 Å². The Morgan fingerprint density at radius 3 is 2.67 bits per heavy atom. The zero-order chi connectivity index (χ0) is 20.7. The fourth-order valence-electron chi connectivity index (χ4n) is 3.98. The van der Waals surface area contributed by atoms with E-state index in [1.165, 1.54) is 0 Å². The van der Waals surface area contributed by atoms with Gasteiger partial charge < -0.3 is 10.3 Å². The third-order valence-electron chi connectivity index (χ3n) is 5.57. The molecule has 1 atom stereocenters. The van der Waals surface area contributed by atoms with Crippen LogP contribution in [-0.2, 0) is 13.1 Å². The van der Waals surface area contributed by atoms with Gasteiger partial charge in [-0.3, -0.25) is 14.7 Å². The number of nitrogens with zero attached hydrogens (tertiary/aromatic N) is 4. The molecular formula is C23H22N6O. The van der Waals surface area contributed by atoms with Crippen molar-refractivity contribution in [1.29, 1.82) is 0 Å². The van der Waals surface area contributed by atoms with Gasteiger partial charge in [-0.2, -0.15) is 0 Å². The van der Waals surface area contributed by atoms with Gasteiger partial charge >= 0.3 is 0 Å².